The minimum absolute atomic E-state index is 0. The molecule has 0 bridgehead atoms. The van der Waals surface area contributed by atoms with E-state index in [1.54, 1.807) is 6.07 Å². The monoisotopic (exact) mass is 316 g/mol. The number of nitrogens with two attached hydrogens (primary N) is 1. The minimum Gasteiger partial charge on any atom is -0.449 e. The number of hydrogen-bond donors (Lipinski definition) is 2. The fraction of sp³-hybridized carbons (Fsp3) is 0.357. The average Bonchev–Trinajstić information content (AvgIpc) is 2.68. The normalized spacial score (nSPS) is 11.2. The van der Waals surface area contributed by atoms with Gasteiger partial charge in [-0.25, -0.2) is 0 Å². The van der Waals surface area contributed by atoms with Crippen LogP contribution in [0.5, 0.6) is 0 Å². The molecule has 1 aromatic carbocycles. The van der Waals surface area contributed by atoms with Crippen LogP contribution in [0.2, 0.25) is 5.02 Å². The Morgan fingerprint density at radius 3 is 2.65 bits per heavy atom. The zero-order chi connectivity index (χ0) is 14.2. The van der Waals surface area contributed by atoms with Crippen molar-refractivity contribution >= 4 is 40.9 Å². The SMILES string of the molecule is Cc1c(C(=O)NC(C)(C)CN)oc2c(Cl)cccc12.Cl. The smallest absolute Gasteiger partial charge is 0.287 e. The third-order valence-electron chi connectivity index (χ3n) is 3.08. The van der Waals surface area contributed by atoms with Gasteiger partial charge in [0.1, 0.15) is 0 Å². The number of carbonyl (C=O) groups excluding carboxylic acids is 1. The van der Waals surface area contributed by atoms with Crippen molar-refractivity contribution in [2.75, 3.05) is 6.54 Å². The maximum absolute atomic E-state index is 12.2. The number of fused-ring (bicyclic) bond motifs is 1. The van der Waals surface area contributed by atoms with Gasteiger partial charge in [-0.3, -0.25) is 4.79 Å². The van der Waals surface area contributed by atoms with Crippen molar-refractivity contribution in [3.8, 4) is 0 Å². The molecule has 0 aliphatic carbocycles. The second-order valence-corrected chi connectivity index (χ2v) is 5.62. The van der Waals surface area contributed by atoms with Crippen molar-refractivity contribution in [1.82, 2.24) is 5.32 Å². The molecule has 2 rings (SSSR count). The number of rotatable bonds is 3. The molecule has 20 heavy (non-hydrogen) atoms. The maximum Gasteiger partial charge on any atom is 0.287 e. The van der Waals surface area contributed by atoms with E-state index >= 15 is 0 Å². The van der Waals surface area contributed by atoms with Crippen LogP contribution in [0.25, 0.3) is 11.0 Å². The molecule has 0 aliphatic heterocycles. The van der Waals surface area contributed by atoms with Crippen molar-refractivity contribution in [2.24, 2.45) is 5.73 Å². The van der Waals surface area contributed by atoms with E-state index in [4.69, 9.17) is 21.8 Å². The van der Waals surface area contributed by atoms with Crippen LogP contribution in [0, 0.1) is 6.92 Å². The first-order chi connectivity index (χ1) is 8.85. The van der Waals surface area contributed by atoms with Crippen molar-refractivity contribution in [2.45, 2.75) is 26.3 Å². The number of carbonyl (C=O) groups is 1. The van der Waals surface area contributed by atoms with Gasteiger partial charge in [-0.05, 0) is 26.8 Å². The van der Waals surface area contributed by atoms with Gasteiger partial charge in [-0.2, -0.15) is 0 Å². The van der Waals surface area contributed by atoms with E-state index in [0.717, 1.165) is 10.9 Å². The first-order valence-corrected chi connectivity index (χ1v) is 6.44. The van der Waals surface area contributed by atoms with Crippen LogP contribution < -0.4 is 11.1 Å². The van der Waals surface area contributed by atoms with Crippen LogP contribution in [-0.2, 0) is 0 Å². The fourth-order valence-corrected chi connectivity index (χ4v) is 2.05. The zero-order valence-corrected chi connectivity index (χ0v) is 13.2. The number of hydrogen-bond acceptors (Lipinski definition) is 3. The van der Waals surface area contributed by atoms with Gasteiger partial charge in [0.15, 0.2) is 11.3 Å². The lowest BCUT2D eigenvalue weighted by Gasteiger charge is -2.23. The molecule has 0 saturated carbocycles. The van der Waals surface area contributed by atoms with Gasteiger partial charge in [0, 0.05) is 23.0 Å². The Bertz CT molecular complexity index is 635. The molecular formula is C14H18Cl2N2O2. The van der Waals surface area contributed by atoms with Crippen molar-refractivity contribution < 1.29 is 9.21 Å². The van der Waals surface area contributed by atoms with E-state index in [2.05, 4.69) is 5.32 Å². The second-order valence-electron chi connectivity index (χ2n) is 5.21. The van der Waals surface area contributed by atoms with E-state index in [0.29, 0.717) is 17.2 Å². The average molecular weight is 317 g/mol. The van der Waals surface area contributed by atoms with Crippen LogP contribution in [-0.4, -0.2) is 18.0 Å². The van der Waals surface area contributed by atoms with E-state index in [1.165, 1.54) is 0 Å². The molecule has 0 unspecified atom stereocenters. The molecular weight excluding hydrogens is 299 g/mol. The molecule has 0 spiro atoms. The van der Waals surface area contributed by atoms with Gasteiger partial charge >= 0.3 is 0 Å². The summed E-state index contributed by atoms with van der Waals surface area (Å²) in [5.74, 6) is 0.00448. The summed E-state index contributed by atoms with van der Waals surface area (Å²) in [5.41, 5.74) is 6.44. The number of amides is 1. The molecule has 3 N–H and O–H groups in total. The third kappa shape index (κ3) is 3.08. The molecule has 2 aromatic rings. The Labute approximate surface area is 129 Å². The van der Waals surface area contributed by atoms with Gasteiger partial charge in [0.05, 0.1) is 5.02 Å². The standard InChI is InChI=1S/C14H17ClN2O2.ClH/c1-8-9-5-4-6-10(15)12(9)19-11(8)13(18)17-14(2,3)7-16;/h4-6H,7,16H2,1-3H3,(H,17,18);1H. The molecule has 1 heterocycles. The highest BCUT2D eigenvalue weighted by Gasteiger charge is 2.24. The van der Waals surface area contributed by atoms with Crippen molar-refractivity contribution in [3.63, 3.8) is 0 Å². The van der Waals surface area contributed by atoms with Crippen molar-refractivity contribution in [3.05, 3.63) is 34.5 Å². The van der Waals surface area contributed by atoms with Crippen LogP contribution in [0.15, 0.2) is 22.6 Å². The Balaban J connectivity index is 0.00000200. The predicted molar refractivity (Wildman–Crippen MR) is 83.8 cm³/mol. The van der Waals surface area contributed by atoms with Gasteiger partial charge < -0.3 is 15.5 Å². The van der Waals surface area contributed by atoms with Crippen LogP contribution in [0.1, 0.15) is 30.0 Å². The number of nitrogens with one attached hydrogen (secondary N) is 1. The molecule has 6 heteroatoms. The fourth-order valence-electron chi connectivity index (χ4n) is 1.84. The minimum atomic E-state index is -0.480. The molecule has 110 valence electrons. The lowest BCUT2D eigenvalue weighted by Crippen LogP contribution is -2.48. The summed E-state index contributed by atoms with van der Waals surface area (Å²) in [6.45, 7) is 5.90. The van der Waals surface area contributed by atoms with Gasteiger partial charge in [0.2, 0.25) is 0 Å². The first-order valence-electron chi connectivity index (χ1n) is 6.06. The Hall–Kier alpha value is -1.23. The summed E-state index contributed by atoms with van der Waals surface area (Å²) >= 11 is 6.06. The summed E-state index contributed by atoms with van der Waals surface area (Å²) in [6, 6.07) is 5.45. The first kappa shape index (κ1) is 16.8. The highest BCUT2D eigenvalue weighted by Crippen LogP contribution is 2.30. The third-order valence-corrected chi connectivity index (χ3v) is 3.38. The summed E-state index contributed by atoms with van der Waals surface area (Å²) in [6.07, 6.45) is 0. The lowest BCUT2D eigenvalue weighted by atomic mass is 10.1. The molecule has 0 saturated heterocycles. The van der Waals surface area contributed by atoms with Crippen LogP contribution >= 0.6 is 24.0 Å². The lowest BCUT2D eigenvalue weighted by molar-refractivity contribution is 0.0888. The Morgan fingerprint density at radius 2 is 2.10 bits per heavy atom. The molecule has 0 radical (unpaired) electrons. The number of furan rings is 1. The maximum atomic E-state index is 12.2. The van der Waals surface area contributed by atoms with Crippen molar-refractivity contribution in [1.29, 1.82) is 0 Å². The quantitative estimate of drug-likeness (QED) is 0.913. The Morgan fingerprint density at radius 1 is 1.45 bits per heavy atom. The largest absolute Gasteiger partial charge is 0.449 e. The topological polar surface area (TPSA) is 68.3 Å². The van der Waals surface area contributed by atoms with E-state index in [-0.39, 0.29) is 24.1 Å². The summed E-state index contributed by atoms with van der Waals surface area (Å²) in [4.78, 5) is 12.2. The van der Waals surface area contributed by atoms with E-state index < -0.39 is 5.54 Å². The zero-order valence-electron chi connectivity index (χ0n) is 11.6. The molecule has 0 fully saturated rings. The van der Waals surface area contributed by atoms with Crippen LogP contribution in [0.4, 0.5) is 0 Å². The number of halogens is 2. The Kier molecular flexibility index (Phi) is 5.08. The molecule has 1 aromatic heterocycles. The van der Waals surface area contributed by atoms with Gasteiger partial charge in [-0.15, -0.1) is 12.4 Å². The summed E-state index contributed by atoms with van der Waals surface area (Å²) in [5, 5.41) is 4.19. The van der Waals surface area contributed by atoms with Crippen LogP contribution in [0.3, 0.4) is 0 Å². The van der Waals surface area contributed by atoms with Gasteiger partial charge in [-0.1, -0.05) is 23.7 Å². The molecule has 4 nitrogen and oxygen atoms in total. The number of benzene rings is 1. The summed E-state index contributed by atoms with van der Waals surface area (Å²) in [7, 11) is 0. The highest BCUT2D eigenvalue weighted by molar-refractivity contribution is 6.35. The predicted octanol–water partition coefficient (Wildman–Crippen LogP) is 3.28. The summed E-state index contributed by atoms with van der Waals surface area (Å²) < 4.78 is 5.60. The van der Waals surface area contributed by atoms with Gasteiger partial charge in [0.25, 0.3) is 5.91 Å². The number of aryl methyl sites for hydroxylation is 1. The molecule has 1 amide bonds. The molecule has 0 aliphatic rings. The van der Waals surface area contributed by atoms with E-state index in [9.17, 15) is 4.79 Å². The second kappa shape index (κ2) is 6.04. The number of para-hydroxylation sites is 1. The highest BCUT2D eigenvalue weighted by atomic mass is 35.5. The molecule has 0 atom stereocenters. The van der Waals surface area contributed by atoms with E-state index in [1.807, 2.05) is 32.9 Å².